The summed E-state index contributed by atoms with van der Waals surface area (Å²) in [7, 11) is -1.73. The number of hydrogen-bond acceptors (Lipinski definition) is 4. The molecule has 5 nitrogen and oxygen atoms in total. The molecule has 0 radical (unpaired) electrons. The average Bonchev–Trinajstić information content (AvgIpc) is 2.06. The minimum absolute atomic E-state index is 0.250. The molecule has 3 N–H and O–H groups in total. The summed E-state index contributed by atoms with van der Waals surface area (Å²) in [4.78, 5) is 8.36. The van der Waals surface area contributed by atoms with Crippen molar-refractivity contribution in [2.75, 3.05) is 0 Å². The van der Waals surface area contributed by atoms with Crippen LogP contribution in [0.1, 0.15) is 0 Å². The molecular weight excluding hydrogens is 175 g/mol. The fraction of sp³-hybridized carbons (Fsp3) is 0. The summed E-state index contributed by atoms with van der Waals surface area (Å²) in [5.41, 5.74) is 0. The minimum Gasteiger partial charge on any atom is -0.512 e. The van der Waals surface area contributed by atoms with Crippen molar-refractivity contribution in [3.05, 3.63) is 30.3 Å². The number of benzene rings is 1. The summed E-state index contributed by atoms with van der Waals surface area (Å²) in [5.74, 6) is 0.442. The van der Waals surface area contributed by atoms with E-state index in [2.05, 4.69) is 4.65 Å². The zero-order chi connectivity index (χ0) is 10.1. The maximum Gasteiger partial charge on any atom is 0.707 e. The van der Waals surface area contributed by atoms with Gasteiger partial charge >= 0.3 is 7.32 Å². The number of rotatable bonds is 2. The van der Waals surface area contributed by atoms with E-state index in [0.717, 1.165) is 0 Å². The molecule has 0 spiro atoms. The summed E-state index contributed by atoms with van der Waals surface area (Å²) in [5, 5.41) is 23.6. The van der Waals surface area contributed by atoms with E-state index in [1.807, 2.05) is 6.07 Å². The second-order valence-electron chi connectivity index (χ2n) is 1.86. The fourth-order valence-electron chi connectivity index (χ4n) is 0.621. The molecule has 1 aromatic carbocycles. The maximum absolute atomic E-state index is 8.36. The van der Waals surface area contributed by atoms with Crippen LogP contribution >= 0.6 is 0 Å². The highest BCUT2D eigenvalue weighted by molar-refractivity contribution is 6.33. The standard InChI is InChI=1S/C6H7BO3.CH2O2/c8-7(9)10-6-4-2-1-3-5-6;2-1-3/h1-5,8-9H;1H,(H,2,3). The predicted octanol–water partition coefficient (Wildman–Crippen LogP) is -0.264. The lowest BCUT2D eigenvalue weighted by Gasteiger charge is -2.01. The first kappa shape index (κ1) is 11.5. The van der Waals surface area contributed by atoms with Crippen molar-refractivity contribution in [3.63, 3.8) is 0 Å². The van der Waals surface area contributed by atoms with Crippen molar-refractivity contribution >= 4 is 13.8 Å². The molecule has 0 unspecified atom stereocenters. The van der Waals surface area contributed by atoms with Crippen molar-refractivity contribution in [1.82, 2.24) is 0 Å². The van der Waals surface area contributed by atoms with Gasteiger partial charge in [0, 0.05) is 0 Å². The van der Waals surface area contributed by atoms with Gasteiger partial charge in [0.15, 0.2) is 0 Å². The Morgan fingerprint density at radius 3 is 2.08 bits per heavy atom. The topological polar surface area (TPSA) is 87.0 Å². The third kappa shape index (κ3) is 6.86. The maximum atomic E-state index is 8.36. The van der Waals surface area contributed by atoms with Gasteiger partial charge in [-0.3, -0.25) is 4.79 Å². The Hall–Kier alpha value is -1.53. The van der Waals surface area contributed by atoms with Crippen LogP contribution < -0.4 is 4.65 Å². The van der Waals surface area contributed by atoms with Crippen LogP contribution in [0.3, 0.4) is 0 Å². The van der Waals surface area contributed by atoms with Gasteiger partial charge in [-0.2, -0.15) is 0 Å². The largest absolute Gasteiger partial charge is 0.707 e. The summed E-state index contributed by atoms with van der Waals surface area (Å²) < 4.78 is 4.53. The molecule has 0 aliphatic rings. The molecule has 0 saturated heterocycles. The van der Waals surface area contributed by atoms with Crippen LogP contribution in [0.4, 0.5) is 0 Å². The van der Waals surface area contributed by atoms with E-state index < -0.39 is 7.32 Å². The molecule has 70 valence electrons. The van der Waals surface area contributed by atoms with Crippen LogP contribution in [0.25, 0.3) is 0 Å². The predicted molar refractivity (Wildman–Crippen MR) is 46.0 cm³/mol. The second kappa shape index (κ2) is 7.14. The molecule has 0 saturated carbocycles. The van der Waals surface area contributed by atoms with Gasteiger partial charge in [0.25, 0.3) is 6.47 Å². The molecule has 1 rings (SSSR count). The van der Waals surface area contributed by atoms with Gasteiger partial charge in [-0.25, -0.2) is 0 Å². The molecule has 0 heterocycles. The van der Waals surface area contributed by atoms with Crippen LogP contribution in [0.2, 0.25) is 0 Å². The monoisotopic (exact) mass is 184 g/mol. The van der Waals surface area contributed by atoms with E-state index in [-0.39, 0.29) is 6.47 Å². The van der Waals surface area contributed by atoms with Crippen LogP contribution in [-0.2, 0) is 4.79 Å². The molecule has 13 heavy (non-hydrogen) atoms. The van der Waals surface area contributed by atoms with E-state index in [1.54, 1.807) is 24.3 Å². The molecule has 0 atom stereocenters. The molecule has 0 aromatic heterocycles. The molecule has 1 aromatic rings. The van der Waals surface area contributed by atoms with Crippen molar-refractivity contribution in [2.45, 2.75) is 0 Å². The lowest BCUT2D eigenvalue weighted by molar-refractivity contribution is -0.122. The fourth-order valence-corrected chi connectivity index (χ4v) is 0.621. The van der Waals surface area contributed by atoms with Crippen LogP contribution in [0, 0.1) is 0 Å². The second-order valence-corrected chi connectivity index (χ2v) is 1.86. The van der Waals surface area contributed by atoms with Crippen molar-refractivity contribution in [3.8, 4) is 5.75 Å². The van der Waals surface area contributed by atoms with E-state index >= 15 is 0 Å². The first-order chi connectivity index (χ1) is 6.20. The van der Waals surface area contributed by atoms with E-state index in [4.69, 9.17) is 19.9 Å². The van der Waals surface area contributed by atoms with E-state index in [0.29, 0.717) is 5.75 Å². The van der Waals surface area contributed by atoms with Gasteiger partial charge in [-0.1, -0.05) is 18.2 Å². The van der Waals surface area contributed by atoms with E-state index in [1.165, 1.54) is 0 Å². The molecule has 0 aliphatic carbocycles. The number of hydrogen-bond donors (Lipinski definition) is 3. The molecule has 0 amide bonds. The van der Waals surface area contributed by atoms with Crippen molar-refractivity contribution < 1.29 is 24.6 Å². The highest BCUT2D eigenvalue weighted by Gasteiger charge is 2.09. The third-order valence-corrected chi connectivity index (χ3v) is 0.985. The molecule has 0 fully saturated rings. The molecule has 0 aliphatic heterocycles. The summed E-state index contributed by atoms with van der Waals surface area (Å²) in [6.45, 7) is -0.250. The number of carbonyl (C=O) groups is 1. The highest BCUT2D eigenvalue weighted by Crippen LogP contribution is 2.07. The van der Waals surface area contributed by atoms with Gasteiger partial charge in [-0.15, -0.1) is 0 Å². The number of carboxylic acid groups (broad SMARTS) is 1. The van der Waals surface area contributed by atoms with Gasteiger partial charge in [-0.05, 0) is 12.1 Å². The van der Waals surface area contributed by atoms with E-state index in [9.17, 15) is 0 Å². The van der Waals surface area contributed by atoms with Crippen LogP contribution in [-0.4, -0.2) is 28.9 Å². The minimum atomic E-state index is -1.73. The normalized spacial score (nSPS) is 7.85. The Bertz CT molecular complexity index is 226. The SMILES string of the molecule is O=CO.OB(O)Oc1ccccc1. The smallest absolute Gasteiger partial charge is 0.512 e. The quantitative estimate of drug-likeness (QED) is 0.435. The Balaban J connectivity index is 0.000000424. The van der Waals surface area contributed by atoms with Gasteiger partial charge in [0.05, 0.1) is 0 Å². The van der Waals surface area contributed by atoms with Gasteiger partial charge in [0.2, 0.25) is 0 Å². The van der Waals surface area contributed by atoms with Crippen molar-refractivity contribution in [1.29, 1.82) is 0 Å². The first-order valence-electron chi connectivity index (χ1n) is 3.36. The Morgan fingerprint density at radius 1 is 1.23 bits per heavy atom. The summed E-state index contributed by atoms with van der Waals surface area (Å²) in [6, 6.07) is 8.59. The third-order valence-electron chi connectivity index (χ3n) is 0.985. The lowest BCUT2D eigenvalue weighted by Crippen LogP contribution is -2.20. The molecule has 0 bridgehead atoms. The molecular formula is C7H9BO5. The van der Waals surface area contributed by atoms with Gasteiger partial charge < -0.3 is 19.8 Å². The number of para-hydroxylation sites is 1. The highest BCUT2D eigenvalue weighted by atomic mass is 16.6. The van der Waals surface area contributed by atoms with Gasteiger partial charge in [0.1, 0.15) is 5.75 Å². The zero-order valence-corrected chi connectivity index (χ0v) is 6.70. The Labute approximate surface area is 75.4 Å². The average molecular weight is 184 g/mol. The summed E-state index contributed by atoms with van der Waals surface area (Å²) >= 11 is 0. The Kier molecular flexibility index (Phi) is 6.30. The van der Waals surface area contributed by atoms with Crippen LogP contribution in [0.15, 0.2) is 30.3 Å². The molecule has 6 heteroatoms. The first-order valence-corrected chi connectivity index (χ1v) is 3.36. The zero-order valence-electron chi connectivity index (χ0n) is 6.70. The Morgan fingerprint density at radius 2 is 1.69 bits per heavy atom. The summed E-state index contributed by atoms with van der Waals surface area (Å²) in [6.07, 6.45) is 0. The lowest BCUT2D eigenvalue weighted by atomic mass is 10.2. The van der Waals surface area contributed by atoms with Crippen LogP contribution in [0.5, 0.6) is 5.75 Å². The van der Waals surface area contributed by atoms with Crippen molar-refractivity contribution in [2.24, 2.45) is 0 Å².